The van der Waals surface area contributed by atoms with Crippen LogP contribution in [0.4, 0.5) is 0 Å². The Morgan fingerprint density at radius 2 is 1.84 bits per heavy atom. The number of pyridine rings is 1. The molecule has 0 aliphatic carbocycles. The number of hydrogen-bond donors (Lipinski definition) is 1. The second-order valence-electron chi connectivity index (χ2n) is 5.41. The molecule has 1 aromatic carbocycles. The molecule has 1 heterocycles. The molecule has 0 aliphatic rings. The lowest BCUT2D eigenvalue weighted by Gasteiger charge is -2.18. The molecule has 1 aromatic heterocycles. The van der Waals surface area contributed by atoms with Crippen LogP contribution in [0, 0.1) is 12.8 Å². The van der Waals surface area contributed by atoms with E-state index in [1.165, 1.54) is 23.8 Å². The van der Waals surface area contributed by atoms with Crippen molar-refractivity contribution in [2.45, 2.75) is 46.1 Å². The molecule has 2 nitrogen and oxygen atoms in total. The van der Waals surface area contributed by atoms with E-state index in [0.29, 0.717) is 5.92 Å². The Morgan fingerprint density at radius 3 is 2.53 bits per heavy atom. The number of rotatable bonds is 5. The summed E-state index contributed by atoms with van der Waals surface area (Å²) in [7, 11) is 0. The van der Waals surface area contributed by atoms with Crippen LogP contribution in [0.3, 0.4) is 0 Å². The monoisotopic (exact) mass is 256 g/mol. The number of para-hydroxylation sites is 1. The summed E-state index contributed by atoms with van der Waals surface area (Å²) in [5, 5.41) is 1.22. The molecule has 2 aromatic rings. The van der Waals surface area contributed by atoms with Gasteiger partial charge in [0.1, 0.15) is 0 Å². The Balaban J connectivity index is 2.29. The lowest BCUT2D eigenvalue weighted by atomic mass is 9.93. The molecule has 2 heteroatoms. The van der Waals surface area contributed by atoms with Crippen molar-refractivity contribution < 1.29 is 0 Å². The zero-order chi connectivity index (χ0) is 13.8. The lowest BCUT2D eigenvalue weighted by Crippen LogP contribution is -2.16. The largest absolute Gasteiger partial charge is 0.323 e. The maximum Gasteiger partial charge on any atom is 0.0708 e. The predicted octanol–water partition coefficient (Wildman–Crippen LogP) is 4.37. The van der Waals surface area contributed by atoms with E-state index in [4.69, 9.17) is 10.7 Å². The van der Waals surface area contributed by atoms with Gasteiger partial charge in [0.25, 0.3) is 0 Å². The Hall–Kier alpha value is -1.41. The fourth-order valence-electron chi connectivity index (χ4n) is 2.67. The van der Waals surface area contributed by atoms with Crippen LogP contribution in [0.15, 0.2) is 30.3 Å². The highest BCUT2D eigenvalue weighted by Gasteiger charge is 2.14. The first-order valence-electron chi connectivity index (χ1n) is 7.27. The van der Waals surface area contributed by atoms with Crippen molar-refractivity contribution >= 4 is 10.9 Å². The minimum absolute atomic E-state index is 0.0493. The number of fused-ring (bicyclic) bond motifs is 1. The summed E-state index contributed by atoms with van der Waals surface area (Å²) in [6, 6.07) is 10.5. The first-order chi connectivity index (χ1) is 9.15. The molecule has 2 rings (SSSR count). The number of hydrogen-bond acceptors (Lipinski definition) is 2. The van der Waals surface area contributed by atoms with Crippen LogP contribution < -0.4 is 5.73 Å². The van der Waals surface area contributed by atoms with Gasteiger partial charge in [-0.25, -0.2) is 0 Å². The van der Waals surface area contributed by atoms with Crippen LogP contribution in [0.1, 0.15) is 50.4 Å². The maximum absolute atomic E-state index is 6.34. The number of nitrogens with two attached hydrogens (primary N) is 1. The fourth-order valence-corrected chi connectivity index (χ4v) is 2.67. The van der Waals surface area contributed by atoms with Crippen molar-refractivity contribution in [3.63, 3.8) is 0 Å². The SMILES string of the molecule is CCC(CC)CC(N)c1cc(C)c2ccccc2n1. The van der Waals surface area contributed by atoms with E-state index >= 15 is 0 Å². The van der Waals surface area contributed by atoms with E-state index < -0.39 is 0 Å². The first-order valence-corrected chi connectivity index (χ1v) is 7.27. The molecule has 0 bridgehead atoms. The minimum atomic E-state index is 0.0493. The molecule has 1 atom stereocenters. The summed E-state index contributed by atoms with van der Waals surface area (Å²) in [5.41, 5.74) is 9.69. The van der Waals surface area contributed by atoms with Crippen LogP contribution in [0.5, 0.6) is 0 Å². The second-order valence-corrected chi connectivity index (χ2v) is 5.41. The van der Waals surface area contributed by atoms with Gasteiger partial charge < -0.3 is 5.73 Å². The standard InChI is InChI=1S/C17H24N2/c1-4-13(5-2)11-15(18)17-10-12(3)14-8-6-7-9-16(14)19-17/h6-10,13,15H,4-5,11,18H2,1-3H3. The molecule has 0 radical (unpaired) electrons. The van der Waals surface area contributed by atoms with Crippen LogP contribution in [-0.2, 0) is 0 Å². The van der Waals surface area contributed by atoms with Gasteiger partial charge in [-0.15, -0.1) is 0 Å². The molecule has 0 saturated heterocycles. The van der Waals surface area contributed by atoms with Crippen molar-refractivity contribution in [3.05, 3.63) is 41.6 Å². The third-order valence-corrected chi connectivity index (χ3v) is 4.06. The average Bonchev–Trinajstić information content (AvgIpc) is 2.44. The Labute approximate surface area is 116 Å². The Morgan fingerprint density at radius 1 is 1.16 bits per heavy atom. The molecule has 2 N–H and O–H groups in total. The van der Waals surface area contributed by atoms with Crippen LogP contribution >= 0.6 is 0 Å². The van der Waals surface area contributed by atoms with E-state index in [-0.39, 0.29) is 6.04 Å². The highest BCUT2D eigenvalue weighted by atomic mass is 14.8. The van der Waals surface area contributed by atoms with E-state index in [9.17, 15) is 0 Å². The van der Waals surface area contributed by atoms with Crippen molar-refractivity contribution in [1.29, 1.82) is 0 Å². The summed E-state index contributed by atoms with van der Waals surface area (Å²) in [5.74, 6) is 0.698. The predicted molar refractivity (Wildman–Crippen MR) is 82.1 cm³/mol. The van der Waals surface area contributed by atoms with E-state index in [1.54, 1.807) is 0 Å². The third-order valence-electron chi connectivity index (χ3n) is 4.06. The zero-order valence-corrected chi connectivity index (χ0v) is 12.2. The van der Waals surface area contributed by atoms with E-state index in [2.05, 4.69) is 45.0 Å². The first kappa shape index (κ1) is 14.0. The molecule has 0 saturated carbocycles. The number of aryl methyl sites for hydroxylation is 1. The summed E-state index contributed by atoms with van der Waals surface area (Å²) < 4.78 is 0. The highest BCUT2D eigenvalue weighted by molar-refractivity contribution is 5.82. The van der Waals surface area contributed by atoms with Crippen molar-refractivity contribution in [3.8, 4) is 0 Å². The van der Waals surface area contributed by atoms with Crippen LogP contribution in [0.25, 0.3) is 10.9 Å². The molecule has 1 unspecified atom stereocenters. The molecular weight excluding hydrogens is 232 g/mol. The van der Waals surface area contributed by atoms with Gasteiger partial charge in [0, 0.05) is 11.4 Å². The minimum Gasteiger partial charge on any atom is -0.323 e. The lowest BCUT2D eigenvalue weighted by molar-refractivity contribution is 0.411. The molecule has 0 fully saturated rings. The molecule has 19 heavy (non-hydrogen) atoms. The van der Waals surface area contributed by atoms with Gasteiger partial charge in [-0.1, -0.05) is 44.9 Å². The van der Waals surface area contributed by atoms with Crippen molar-refractivity contribution in [2.75, 3.05) is 0 Å². The fraction of sp³-hybridized carbons (Fsp3) is 0.471. The molecule has 0 amide bonds. The Bertz CT molecular complexity index is 544. The summed E-state index contributed by atoms with van der Waals surface area (Å²) in [6.07, 6.45) is 3.41. The number of benzene rings is 1. The van der Waals surface area contributed by atoms with Gasteiger partial charge in [0.05, 0.1) is 11.2 Å². The number of nitrogens with zero attached hydrogens (tertiary/aromatic N) is 1. The normalized spacial score (nSPS) is 13.1. The van der Waals surface area contributed by atoms with Crippen LogP contribution in [-0.4, -0.2) is 4.98 Å². The van der Waals surface area contributed by atoms with Gasteiger partial charge in [-0.3, -0.25) is 4.98 Å². The topological polar surface area (TPSA) is 38.9 Å². The van der Waals surface area contributed by atoms with Gasteiger partial charge in [0.15, 0.2) is 0 Å². The molecule has 0 spiro atoms. The van der Waals surface area contributed by atoms with Gasteiger partial charge >= 0.3 is 0 Å². The van der Waals surface area contributed by atoms with Gasteiger partial charge in [-0.05, 0) is 37.0 Å². The molecule has 102 valence electrons. The average molecular weight is 256 g/mol. The Kier molecular flexibility index (Phi) is 4.54. The summed E-state index contributed by atoms with van der Waals surface area (Å²) in [4.78, 5) is 4.73. The number of aromatic nitrogens is 1. The second kappa shape index (κ2) is 6.16. The van der Waals surface area contributed by atoms with Crippen molar-refractivity contribution in [2.24, 2.45) is 11.7 Å². The van der Waals surface area contributed by atoms with Crippen molar-refractivity contribution in [1.82, 2.24) is 4.98 Å². The third kappa shape index (κ3) is 3.13. The molecular formula is C17H24N2. The summed E-state index contributed by atoms with van der Waals surface area (Å²) in [6.45, 7) is 6.61. The highest BCUT2D eigenvalue weighted by Crippen LogP contribution is 2.25. The summed E-state index contributed by atoms with van der Waals surface area (Å²) >= 11 is 0. The maximum atomic E-state index is 6.34. The quantitative estimate of drug-likeness (QED) is 0.862. The smallest absolute Gasteiger partial charge is 0.0708 e. The van der Waals surface area contributed by atoms with Gasteiger partial charge in [0.2, 0.25) is 0 Å². The van der Waals surface area contributed by atoms with Crippen LogP contribution in [0.2, 0.25) is 0 Å². The zero-order valence-electron chi connectivity index (χ0n) is 12.2. The van der Waals surface area contributed by atoms with E-state index in [1.807, 2.05) is 6.07 Å². The van der Waals surface area contributed by atoms with E-state index in [0.717, 1.165) is 17.6 Å². The molecule has 0 aliphatic heterocycles. The van der Waals surface area contributed by atoms with Gasteiger partial charge in [-0.2, -0.15) is 0 Å².